The van der Waals surface area contributed by atoms with Crippen LogP contribution in [0.3, 0.4) is 0 Å². The Morgan fingerprint density at radius 2 is 1.72 bits per heavy atom. The highest BCUT2D eigenvalue weighted by Gasteiger charge is 2.77. The van der Waals surface area contributed by atoms with Crippen molar-refractivity contribution in [2.24, 2.45) is 0 Å². The van der Waals surface area contributed by atoms with Gasteiger partial charge in [0.2, 0.25) is 5.91 Å². The highest BCUT2D eigenvalue weighted by atomic mass is 19.3. The molecule has 43 heavy (non-hydrogen) atoms. The molecule has 0 aromatic heterocycles. The second kappa shape index (κ2) is 11.3. The number of nitrogens with one attached hydrogen (secondary N) is 1. The fourth-order valence-corrected chi connectivity index (χ4v) is 5.93. The number of hydrogen-bond donors (Lipinski definition) is 3. The van der Waals surface area contributed by atoms with Crippen LogP contribution in [0.15, 0.2) is 72.8 Å². The summed E-state index contributed by atoms with van der Waals surface area (Å²) in [6, 6.07) is 17.1. The summed E-state index contributed by atoms with van der Waals surface area (Å²) in [4.78, 5) is 42.0. The number of ether oxygens (including phenoxy) is 1. The number of carbonyl (C=O) groups is 3. The van der Waals surface area contributed by atoms with Gasteiger partial charge in [0.15, 0.2) is 6.10 Å². The third-order valence-corrected chi connectivity index (χ3v) is 8.60. The Labute approximate surface area is 247 Å². The van der Waals surface area contributed by atoms with Gasteiger partial charge in [-0.3, -0.25) is 14.4 Å². The van der Waals surface area contributed by atoms with E-state index >= 15 is 8.78 Å². The van der Waals surface area contributed by atoms with Crippen molar-refractivity contribution in [3.63, 3.8) is 0 Å². The van der Waals surface area contributed by atoms with Crippen LogP contribution in [0.2, 0.25) is 0 Å². The number of aliphatic hydroxyl groups excluding tert-OH is 1. The molecule has 226 valence electrons. The molecule has 1 unspecified atom stereocenters. The first kappa shape index (κ1) is 30.0. The lowest BCUT2D eigenvalue weighted by Crippen LogP contribution is -2.78. The fourth-order valence-electron chi connectivity index (χ4n) is 5.93. The predicted molar refractivity (Wildman–Crippen MR) is 153 cm³/mol. The molecule has 4 atom stereocenters. The molecule has 5 rings (SSSR count). The van der Waals surface area contributed by atoms with Gasteiger partial charge in [-0.25, -0.2) is 8.78 Å². The molecule has 0 saturated carbocycles. The van der Waals surface area contributed by atoms with Crippen LogP contribution in [0.4, 0.5) is 8.78 Å². The van der Waals surface area contributed by atoms with Crippen LogP contribution in [0.5, 0.6) is 11.5 Å². The summed E-state index contributed by atoms with van der Waals surface area (Å²) >= 11 is 0. The Morgan fingerprint density at radius 3 is 2.37 bits per heavy atom. The highest BCUT2D eigenvalue weighted by Crippen LogP contribution is 2.53. The fraction of sp³-hybridized carbons (Fsp3) is 0.344. The first-order valence-corrected chi connectivity index (χ1v) is 13.8. The van der Waals surface area contributed by atoms with Crippen molar-refractivity contribution in [3.8, 4) is 11.5 Å². The van der Waals surface area contributed by atoms with Crippen LogP contribution in [0.1, 0.15) is 34.0 Å². The van der Waals surface area contributed by atoms with Crippen molar-refractivity contribution in [3.05, 3.63) is 95.1 Å². The number of β-lactam (4-membered cyclic amide) rings is 1. The molecule has 0 spiro atoms. The quantitative estimate of drug-likeness (QED) is 0.328. The molecule has 2 fully saturated rings. The molecule has 3 N–H and O–H groups in total. The molecule has 3 aromatic carbocycles. The second-order valence-electron chi connectivity index (χ2n) is 11.2. The lowest BCUT2D eigenvalue weighted by molar-refractivity contribution is -0.193. The van der Waals surface area contributed by atoms with Crippen molar-refractivity contribution in [1.82, 2.24) is 15.1 Å². The summed E-state index contributed by atoms with van der Waals surface area (Å²) in [5.74, 6) is -5.40. The molecular weight excluding hydrogens is 560 g/mol. The van der Waals surface area contributed by atoms with Crippen molar-refractivity contribution < 1.29 is 38.1 Å². The normalized spacial score (nSPS) is 21.9. The number of phenols is 1. The SMILES string of the molecule is COc1ccc(CN2C(=O)[C@H]3N(C(=O)[C@@H](O)[C@H](Cc4ccccc4)NC(=O)c4cccc(O)c4C)CC(F)(F)C32C)cc1. The maximum absolute atomic E-state index is 15.6. The number of nitrogens with zero attached hydrogens (tertiary/aromatic N) is 2. The largest absolute Gasteiger partial charge is 0.508 e. The first-order chi connectivity index (χ1) is 20.4. The number of fused-ring (bicyclic) bond motifs is 1. The Morgan fingerprint density at radius 1 is 1.05 bits per heavy atom. The van der Waals surface area contributed by atoms with E-state index in [0.29, 0.717) is 22.4 Å². The second-order valence-corrected chi connectivity index (χ2v) is 11.2. The van der Waals surface area contributed by atoms with Gasteiger partial charge in [0.1, 0.15) is 23.1 Å². The molecule has 11 heteroatoms. The van der Waals surface area contributed by atoms with Gasteiger partial charge in [-0.1, -0.05) is 48.5 Å². The van der Waals surface area contributed by atoms with E-state index in [0.717, 1.165) is 9.80 Å². The number of amides is 3. The van der Waals surface area contributed by atoms with E-state index in [1.165, 1.54) is 32.2 Å². The molecular formula is C32H33F2N3O6. The van der Waals surface area contributed by atoms with Crippen molar-refractivity contribution >= 4 is 17.7 Å². The van der Waals surface area contributed by atoms with Gasteiger partial charge in [0.25, 0.3) is 17.7 Å². The van der Waals surface area contributed by atoms with Crippen LogP contribution in [-0.2, 0) is 22.6 Å². The lowest BCUT2D eigenvalue weighted by Gasteiger charge is -2.54. The van der Waals surface area contributed by atoms with Crippen LogP contribution in [0, 0.1) is 6.92 Å². The summed E-state index contributed by atoms with van der Waals surface area (Å²) < 4.78 is 36.4. The molecule has 0 aliphatic carbocycles. The van der Waals surface area contributed by atoms with E-state index in [1.54, 1.807) is 61.5 Å². The topological polar surface area (TPSA) is 119 Å². The zero-order chi connectivity index (χ0) is 31.1. The molecule has 3 amide bonds. The molecule has 9 nitrogen and oxygen atoms in total. The number of aromatic hydroxyl groups is 1. The summed E-state index contributed by atoms with van der Waals surface area (Å²) in [6.45, 7) is 1.64. The molecule has 0 radical (unpaired) electrons. The zero-order valence-electron chi connectivity index (χ0n) is 24.0. The summed E-state index contributed by atoms with van der Waals surface area (Å²) in [6.07, 6.45) is -1.94. The van der Waals surface area contributed by atoms with Gasteiger partial charge in [0, 0.05) is 17.7 Å². The predicted octanol–water partition coefficient (Wildman–Crippen LogP) is 3.06. The third-order valence-electron chi connectivity index (χ3n) is 8.60. The van der Waals surface area contributed by atoms with Crippen LogP contribution >= 0.6 is 0 Å². The summed E-state index contributed by atoms with van der Waals surface area (Å²) in [5.41, 5.74) is -0.278. The number of aliphatic hydroxyl groups is 1. The van der Waals surface area contributed by atoms with Crippen LogP contribution < -0.4 is 10.1 Å². The average molecular weight is 594 g/mol. The number of hydrogen-bond acceptors (Lipinski definition) is 6. The number of benzene rings is 3. The van der Waals surface area contributed by atoms with Crippen molar-refractivity contribution in [2.45, 2.75) is 56.5 Å². The lowest BCUT2D eigenvalue weighted by atomic mass is 9.77. The van der Waals surface area contributed by atoms with Gasteiger partial charge >= 0.3 is 0 Å². The molecule has 0 bridgehead atoms. The van der Waals surface area contributed by atoms with Gasteiger partial charge in [-0.05, 0) is 55.7 Å². The van der Waals surface area contributed by atoms with E-state index in [-0.39, 0.29) is 24.3 Å². The van der Waals surface area contributed by atoms with E-state index in [1.807, 2.05) is 0 Å². The van der Waals surface area contributed by atoms with Gasteiger partial charge in [-0.2, -0.15) is 0 Å². The van der Waals surface area contributed by atoms with E-state index in [4.69, 9.17) is 4.74 Å². The monoisotopic (exact) mass is 593 g/mol. The maximum Gasteiger partial charge on any atom is 0.290 e. The molecule has 3 aromatic rings. The Kier molecular flexibility index (Phi) is 7.87. The smallest absolute Gasteiger partial charge is 0.290 e. The van der Waals surface area contributed by atoms with Crippen LogP contribution in [-0.4, -0.2) is 81.0 Å². The number of rotatable bonds is 9. The Balaban J connectivity index is 1.39. The van der Waals surface area contributed by atoms with Crippen molar-refractivity contribution in [1.29, 1.82) is 0 Å². The standard InChI is InChI=1S/C32H33F2N3O6/c1-19-23(10-7-11-25(19)38)28(40)35-24(16-20-8-5-4-6-9-20)26(39)29(41)36-18-32(33,34)31(2)27(36)30(42)37(31)17-21-12-14-22(43-3)15-13-21/h4-15,24,26-27,38-39H,16-18H2,1-3H3,(H,35,40)/t24-,26-,27+,31?/m0/s1. The van der Waals surface area contributed by atoms with E-state index in [2.05, 4.69) is 5.32 Å². The minimum Gasteiger partial charge on any atom is -0.508 e. The number of likely N-dealkylation sites (tertiary alicyclic amines) is 2. The zero-order valence-corrected chi connectivity index (χ0v) is 24.0. The van der Waals surface area contributed by atoms with E-state index in [9.17, 15) is 24.6 Å². The number of methoxy groups -OCH3 is 1. The first-order valence-electron chi connectivity index (χ1n) is 13.8. The number of alkyl halides is 2. The van der Waals surface area contributed by atoms with E-state index < -0.39 is 53.9 Å². The van der Waals surface area contributed by atoms with Gasteiger partial charge in [0.05, 0.1) is 19.7 Å². The summed E-state index contributed by atoms with van der Waals surface area (Å²) in [5, 5.41) is 24.0. The number of phenolic OH excluding ortho intramolecular Hbond substituents is 1. The maximum atomic E-state index is 15.6. The molecule has 2 saturated heterocycles. The average Bonchev–Trinajstić information content (AvgIpc) is 3.19. The number of halogens is 2. The van der Waals surface area contributed by atoms with Crippen LogP contribution in [0.25, 0.3) is 0 Å². The van der Waals surface area contributed by atoms with Gasteiger partial charge in [-0.15, -0.1) is 0 Å². The van der Waals surface area contributed by atoms with Crippen molar-refractivity contribution in [2.75, 3.05) is 13.7 Å². The Bertz CT molecular complexity index is 1530. The molecule has 2 aliphatic heterocycles. The minimum absolute atomic E-state index is 0.00105. The molecule has 2 aliphatic rings. The summed E-state index contributed by atoms with van der Waals surface area (Å²) in [7, 11) is 1.50. The van der Waals surface area contributed by atoms with Gasteiger partial charge < -0.3 is 30.1 Å². The Hall–Kier alpha value is -4.51. The number of carbonyl (C=O) groups excluding carboxylic acids is 3. The third kappa shape index (κ3) is 5.18. The highest BCUT2D eigenvalue weighted by molar-refractivity contribution is 5.99. The molecule has 2 heterocycles. The minimum atomic E-state index is -3.47.